The first-order valence-electron chi connectivity index (χ1n) is 12.5. The summed E-state index contributed by atoms with van der Waals surface area (Å²) in [5.74, 6) is -3.23. The Labute approximate surface area is 229 Å². The van der Waals surface area contributed by atoms with E-state index in [1.54, 1.807) is 18.2 Å². The number of ether oxygens (including phenoxy) is 2. The molecule has 1 fully saturated rings. The lowest BCUT2D eigenvalue weighted by Crippen LogP contribution is -2.40. The zero-order chi connectivity index (χ0) is 29.0. The lowest BCUT2D eigenvalue weighted by Gasteiger charge is -2.35. The first-order valence-corrected chi connectivity index (χ1v) is 12.5. The van der Waals surface area contributed by atoms with Gasteiger partial charge in [-0.2, -0.15) is 0 Å². The van der Waals surface area contributed by atoms with Crippen LogP contribution in [-0.4, -0.2) is 68.0 Å². The van der Waals surface area contributed by atoms with Gasteiger partial charge in [0.25, 0.3) is 17.7 Å². The fourth-order valence-corrected chi connectivity index (χ4v) is 4.51. The van der Waals surface area contributed by atoms with Crippen LogP contribution >= 0.6 is 0 Å². The number of halogens is 2. The highest BCUT2D eigenvalue weighted by Crippen LogP contribution is 2.33. The van der Waals surface area contributed by atoms with Crippen molar-refractivity contribution in [3.05, 3.63) is 77.0 Å². The normalized spacial score (nSPS) is 13.5. The Morgan fingerprint density at radius 2 is 1.80 bits per heavy atom. The monoisotopic (exact) mass is 553 g/mol. The summed E-state index contributed by atoms with van der Waals surface area (Å²) in [5, 5.41) is 2.76. The molecule has 0 radical (unpaired) electrons. The summed E-state index contributed by atoms with van der Waals surface area (Å²) in [6.45, 7) is 0.744. The minimum Gasteiger partial charge on any atom is -0.487 e. The third-order valence-electron chi connectivity index (χ3n) is 6.44. The molecule has 40 heavy (non-hydrogen) atoms. The Balaban J connectivity index is 1.65. The summed E-state index contributed by atoms with van der Waals surface area (Å²) >= 11 is 0. The number of amides is 3. The second kappa shape index (κ2) is 12.0. The minimum atomic E-state index is -0.807. The number of primary amides is 1. The first-order chi connectivity index (χ1) is 19.1. The number of methoxy groups -OCH3 is 1. The molecule has 1 saturated heterocycles. The quantitative estimate of drug-likeness (QED) is 0.437. The highest BCUT2D eigenvalue weighted by molar-refractivity contribution is 6.13. The maximum Gasteiger partial charge on any atom is 0.261 e. The van der Waals surface area contributed by atoms with Gasteiger partial charge in [0.15, 0.2) is 11.6 Å². The lowest BCUT2D eigenvalue weighted by atomic mass is 9.98. The number of rotatable bonds is 8. The smallest absolute Gasteiger partial charge is 0.261 e. The minimum absolute atomic E-state index is 0.0135. The van der Waals surface area contributed by atoms with E-state index in [1.165, 1.54) is 44.4 Å². The van der Waals surface area contributed by atoms with Crippen molar-refractivity contribution in [2.45, 2.75) is 18.9 Å². The molecule has 1 aromatic heterocycles. The van der Waals surface area contributed by atoms with Crippen molar-refractivity contribution >= 4 is 29.1 Å². The molecule has 0 saturated carbocycles. The molecule has 0 unspecified atom stereocenters. The van der Waals surface area contributed by atoms with Crippen molar-refractivity contribution in [2.75, 3.05) is 44.5 Å². The number of pyridine rings is 1. The molecule has 2 aromatic carbocycles. The topological polar surface area (TPSA) is 127 Å². The molecule has 10 nitrogen and oxygen atoms in total. The van der Waals surface area contributed by atoms with Crippen LogP contribution in [-0.2, 0) is 0 Å². The lowest BCUT2D eigenvalue weighted by molar-refractivity contribution is 0.0820. The van der Waals surface area contributed by atoms with Crippen LogP contribution < -0.4 is 25.4 Å². The van der Waals surface area contributed by atoms with Gasteiger partial charge in [0.1, 0.15) is 17.5 Å². The third kappa shape index (κ3) is 6.11. The summed E-state index contributed by atoms with van der Waals surface area (Å²) in [6.07, 6.45) is 2.00. The number of benzene rings is 2. The Morgan fingerprint density at radius 1 is 1.07 bits per heavy atom. The average molecular weight is 554 g/mol. The molecular formula is C28H29F2N5O5. The van der Waals surface area contributed by atoms with Gasteiger partial charge in [-0.3, -0.25) is 14.4 Å². The first kappa shape index (κ1) is 28.3. The van der Waals surface area contributed by atoms with E-state index in [2.05, 4.69) is 10.3 Å². The van der Waals surface area contributed by atoms with Crippen molar-refractivity contribution < 1.29 is 32.6 Å². The molecule has 3 amide bonds. The number of nitrogens with two attached hydrogens (primary N) is 1. The molecule has 3 N–H and O–H groups in total. The van der Waals surface area contributed by atoms with E-state index < -0.39 is 29.4 Å². The van der Waals surface area contributed by atoms with E-state index in [4.69, 9.17) is 15.2 Å². The maximum atomic E-state index is 14.1. The number of nitrogens with one attached hydrogen (secondary N) is 1. The van der Waals surface area contributed by atoms with Gasteiger partial charge in [-0.25, -0.2) is 13.8 Å². The zero-order valence-corrected chi connectivity index (χ0v) is 22.2. The number of piperidine rings is 1. The third-order valence-corrected chi connectivity index (χ3v) is 6.44. The molecular weight excluding hydrogens is 524 g/mol. The standard InChI is InChI=1S/C28H29F2N5O5/c1-34(2)28(38)20-14-17(33-26(37)19-5-4-10-32-27(19)39-3)15-22(24(20)25(31)36)35-11-8-18(9-12-35)40-23-7-6-16(29)13-21(23)30/h4-7,10,13-15,18H,8-9,11-12H2,1-3H3,(H2,31,36)(H,33,37). The van der Waals surface area contributed by atoms with E-state index in [0.717, 1.165) is 12.1 Å². The molecule has 0 aliphatic carbocycles. The number of hydrogen-bond donors (Lipinski definition) is 2. The van der Waals surface area contributed by atoms with Crippen LogP contribution in [0.1, 0.15) is 43.9 Å². The van der Waals surface area contributed by atoms with Crippen molar-refractivity contribution in [1.29, 1.82) is 0 Å². The molecule has 2 heterocycles. The second-order valence-electron chi connectivity index (χ2n) is 9.38. The fraction of sp³-hybridized carbons (Fsp3) is 0.286. The molecule has 1 aliphatic heterocycles. The zero-order valence-electron chi connectivity index (χ0n) is 22.2. The fourth-order valence-electron chi connectivity index (χ4n) is 4.51. The highest BCUT2D eigenvalue weighted by atomic mass is 19.1. The SMILES string of the molecule is COc1ncccc1C(=O)Nc1cc(C(=O)N(C)C)c(C(N)=O)c(N2CCC(Oc3ccc(F)cc3F)CC2)c1. The van der Waals surface area contributed by atoms with Gasteiger partial charge in [0.05, 0.1) is 23.9 Å². The van der Waals surface area contributed by atoms with E-state index in [-0.39, 0.29) is 40.1 Å². The molecule has 4 rings (SSSR count). The van der Waals surface area contributed by atoms with Crippen molar-refractivity contribution in [2.24, 2.45) is 5.73 Å². The van der Waals surface area contributed by atoms with E-state index in [1.807, 2.05) is 4.90 Å². The summed E-state index contributed by atoms with van der Waals surface area (Å²) in [4.78, 5) is 46.0. The van der Waals surface area contributed by atoms with Gasteiger partial charge < -0.3 is 30.3 Å². The van der Waals surface area contributed by atoms with Crippen LogP contribution in [0.25, 0.3) is 0 Å². The molecule has 12 heteroatoms. The second-order valence-corrected chi connectivity index (χ2v) is 9.38. The number of carbonyl (C=O) groups excluding carboxylic acids is 3. The number of anilines is 2. The van der Waals surface area contributed by atoms with E-state index in [9.17, 15) is 23.2 Å². The van der Waals surface area contributed by atoms with Gasteiger partial charge in [-0.1, -0.05) is 0 Å². The van der Waals surface area contributed by atoms with Crippen LogP contribution in [0.3, 0.4) is 0 Å². The molecule has 0 atom stereocenters. The number of carbonyl (C=O) groups is 3. The Morgan fingerprint density at radius 3 is 2.42 bits per heavy atom. The van der Waals surface area contributed by atoms with Crippen molar-refractivity contribution in [1.82, 2.24) is 9.88 Å². The van der Waals surface area contributed by atoms with Crippen LogP contribution in [0.5, 0.6) is 11.6 Å². The predicted octanol–water partition coefficient (Wildman–Crippen LogP) is 3.47. The average Bonchev–Trinajstić information content (AvgIpc) is 2.93. The van der Waals surface area contributed by atoms with Gasteiger partial charge in [0.2, 0.25) is 5.88 Å². The van der Waals surface area contributed by atoms with Crippen LogP contribution in [0.15, 0.2) is 48.7 Å². The number of hydrogen-bond acceptors (Lipinski definition) is 7. The summed E-state index contributed by atoms with van der Waals surface area (Å²) in [6, 6.07) is 9.23. The van der Waals surface area contributed by atoms with Crippen LogP contribution in [0, 0.1) is 11.6 Å². The van der Waals surface area contributed by atoms with Gasteiger partial charge >= 0.3 is 0 Å². The molecule has 210 valence electrons. The van der Waals surface area contributed by atoms with Crippen molar-refractivity contribution in [3.63, 3.8) is 0 Å². The maximum absolute atomic E-state index is 14.1. The van der Waals surface area contributed by atoms with Gasteiger partial charge in [-0.05, 0) is 36.4 Å². The summed E-state index contributed by atoms with van der Waals surface area (Å²) in [5.41, 5.74) is 6.59. The van der Waals surface area contributed by atoms with E-state index in [0.29, 0.717) is 31.6 Å². The Kier molecular flexibility index (Phi) is 8.46. The number of aromatic nitrogens is 1. The molecule has 0 bridgehead atoms. The summed E-state index contributed by atoms with van der Waals surface area (Å²) in [7, 11) is 4.47. The Bertz CT molecular complexity index is 1440. The highest BCUT2D eigenvalue weighted by Gasteiger charge is 2.29. The van der Waals surface area contributed by atoms with Gasteiger partial charge in [0, 0.05) is 58.0 Å². The molecule has 1 aliphatic rings. The predicted molar refractivity (Wildman–Crippen MR) is 144 cm³/mol. The molecule has 0 spiro atoms. The molecule has 3 aromatic rings. The van der Waals surface area contributed by atoms with E-state index >= 15 is 0 Å². The summed E-state index contributed by atoms with van der Waals surface area (Å²) < 4.78 is 38.3. The number of nitrogens with zero attached hydrogens (tertiary/aromatic N) is 3. The largest absolute Gasteiger partial charge is 0.487 e. The van der Waals surface area contributed by atoms with Crippen LogP contribution in [0.4, 0.5) is 20.2 Å². The van der Waals surface area contributed by atoms with Crippen molar-refractivity contribution in [3.8, 4) is 11.6 Å². The Hall–Kier alpha value is -4.74. The van der Waals surface area contributed by atoms with Gasteiger partial charge in [-0.15, -0.1) is 0 Å². The van der Waals surface area contributed by atoms with Crippen LogP contribution in [0.2, 0.25) is 0 Å².